The molecule has 0 fully saturated rings. The van der Waals surface area contributed by atoms with Crippen LogP contribution >= 0.6 is 0 Å². The molecule has 0 aromatic rings. The van der Waals surface area contributed by atoms with Crippen molar-refractivity contribution in [1.82, 2.24) is 5.32 Å². The summed E-state index contributed by atoms with van der Waals surface area (Å²) < 4.78 is 23.4. The third kappa shape index (κ3) is 17.0. The monoisotopic (exact) mass is 361 g/mol. The van der Waals surface area contributed by atoms with Crippen molar-refractivity contribution in [2.75, 3.05) is 39.5 Å². The highest BCUT2D eigenvalue weighted by Gasteiger charge is 2.13. The van der Waals surface area contributed by atoms with Crippen molar-refractivity contribution in [2.24, 2.45) is 0 Å². The van der Waals surface area contributed by atoms with Crippen molar-refractivity contribution < 1.29 is 18.9 Å². The molecule has 0 aliphatic rings. The third-order valence-corrected chi connectivity index (χ3v) is 3.83. The summed E-state index contributed by atoms with van der Waals surface area (Å²) in [7, 11) is 0. The van der Waals surface area contributed by atoms with Crippen LogP contribution in [0.25, 0.3) is 0 Å². The van der Waals surface area contributed by atoms with Crippen molar-refractivity contribution in [3.63, 3.8) is 0 Å². The van der Waals surface area contributed by atoms with Gasteiger partial charge in [-0.1, -0.05) is 53.4 Å². The molecule has 0 saturated heterocycles. The molecule has 0 bridgehead atoms. The molecule has 0 radical (unpaired) electrons. The van der Waals surface area contributed by atoms with Gasteiger partial charge in [0.2, 0.25) is 0 Å². The lowest BCUT2D eigenvalue weighted by Crippen LogP contribution is -2.38. The lowest BCUT2D eigenvalue weighted by Gasteiger charge is -2.22. The molecule has 0 saturated carbocycles. The van der Waals surface area contributed by atoms with E-state index in [1.54, 1.807) is 0 Å². The Hall–Kier alpha value is -0.200. The van der Waals surface area contributed by atoms with E-state index in [4.69, 9.17) is 18.9 Å². The topological polar surface area (TPSA) is 49.0 Å². The number of unbranched alkanes of at least 4 members (excludes halogenated alkanes) is 4. The van der Waals surface area contributed by atoms with Gasteiger partial charge in [0.05, 0.1) is 0 Å². The molecule has 152 valence electrons. The van der Waals surface area contributed by atoms with E-state index < -0.39 is 0 Å². The summed E-state index contributed by atoms with van der Waals surface area (Å²) in [5.41, 5.74) is 0. The van der Waals surface area contributed by atoms with Gasteiger partial charge in [-0.15, -0.1) is 0 Å². The van der Waals surface area contributed by atoms with E-state index in [-0.39, 0.29) is 12.6 Å². The fourth-order valence-electron chi connectivity index (χ4n) is 2.09. The predicted molar refractivity (Wildman–Crippen MR) is 104 cm³/mol. The zero-order valence-electron chi connectivity index (χ0n) is 17.2. The van der Waals surface area contributed by atoms with Gasteiger partial charge in [-0.25, -0.2) is 0 Å². The summed E-state index contributed by atoms with van der Waals surface area (Å²) in [6, 6.07) is 0. The van der Waals surface area contributed by atoms with Crippen LogP contribution in [0.2, 0.25) is 0 Å². The van der Waals surface area contributed by atoms with Gasteiger partial charge in [-0.3, -0.25) is 0 Å². The zero-order valence-corrected chi connectivity index (χ0v) is 17.2. The number of rotatable bonds is 20. The second-order valence-electron chi connectivity index (χ2n) is 6.41. The molecule has 0 spiro atoms. The van der Waals surface area contributed by atoms with Gasteiger partial charge in [0.25, 0.3) is 0 Å². The highest BCUT2D eigenvalue weighted by Crippen LogP contribution is 2.02. The molecule has 5 heteroatoms. The minimum Gasteiger partial charge on any atom is -0.351 e. The second kappa shape index (κ2) is 20.1. The van der Waals surface area contributed by atoms with Crippen LogP contribution in [0.3, 0.4) is 0 Å². The Balaban J connectivity index is 4.13. The van der Waals surface area contributed by atoms with Crippen LogP contribution in [-0.4, -0.2) is 52.1 Å². The molecule has 0 aliphatic heterocycles. The van der Waals surface area contributed by atoms with Crippen molar-refractivity contribution in [2.45, 2.75) is 91.6 Å². The highest BCUT2D eigenvalue weighted by atomic mass is 16.7. The van der Waals surface area contributed by atoms with Crippen molar-refractivity contribution in [3.05, 3.63) is 0 Å². The van der Waals surface area contributed by atoms with Crippen LogP contribution in [-0.2, 0) is 18.9 Å². The highest BCUT2D eigenvalue weighted by molar-refractivity contribution is 4.57. The van der Waals surface area contributed by atoms with Crippen LogP contribution in [0.1, 0.15) is 79.1 Å². The normalized spacial score (nSPS) is 11.8. The van der Waals surface area contributed by atoms with Crippen LogP contribution < -0.4 is 5.32 Å². The predicted octanol–water partition coefficient (Wildman–Crippen LogP) is 4.50. The average molecular weight is 362 g/mol. The van der Waals surface area contributed by atoms with Gasteiger partial charge >= 0.3 is 0 Å². The number of nitrogens with one attached hydrogen (secondary N) is 1. The smallest absolute Gasteiger partial charge is 0.169 e. The Bertz CT molecular complexity index is 210. The molecular formula is C20H43NO4. The number of ether oxygens (including phenoxy) is 4. The fraction of sp³-hybridized carbons (Fsp3) is 1.00. The summed E-state index contributed by atoms with van der Waals surface area (Å²) in [6.07, 6.45) is 8.42. The maximum absolute atomic E-state index is 5.84. The summed E-state index contributed by atoms with van der Waals surface area (Å²) in [6.45, 7) is 13.0. The van der Waals surface area contributed by atoms with Gasteiger partial charge in [0.15, 0.2) is 12.6 Å². The van der Waals surface area contributed by atoms with E-state index in [2.05, 4.69) is 33.0 Å². The standard InChI is InChI=1S/C20H43NO4/c1-5-9-13-22-19(23-14-10-6-2)17-21-18-20(24-15-11-7-3)25-16-12-8-4/h19-21H,5-18H2,1-4H3. The van der Waals surface area contributed by atoms with Crippen LogP contribution in [0.15, 0.2) is 0 Å². The SMILES string of the molecule is CCCCOC(CNCC(OCCCC)OCCCC)OCCCC. The first-order valence-corrected chi connectivity index (χ1v) is 10.4. The van der Waals surface area contributed by atoms with E-state index in [0.717, 1.165) is 77.8 Å². The van der Waals surface area contributed by atoms with E-state index in [1.807, 2.05) is 0 Å². The van der Waals surface area contributed by atoms with Crippen LogP contribution in [0.5, 0.6) is 0 Å². The molecule has 1 N–H and O–H groups in total. The van der Waals surface area contributed by atoms with Gasteiger partial charge in [-0.2, -0.15) is 0 Å². The van der Waals surface area contributed by atoms with E-state index in [9.17, 15) is 0 Å². The molecule has 0 atom stereocenters. The van der Waals surface area contributed by atoms with Crippen LogP contribution in [0, 0.1) is 0 Å². The largest absolute Gasteiger partial charge is 0.351 e. The Kier molecular flexibility index (Phi) is 20.0. The summed E-state index contributed by atoms with van der Waals surface area (Å²) >= 11 is 0. The molecule has 0 heterocycles. The van der Waals surface area contributed by atoms with Crippen molar-refractivity contribution in [1.29, 1.82) is 0 Å². The quantitative estimate of drug-likeness (QED) is 0.256. The van der Waals surface area contributed by atoms with Gasteiger partial charge in [0.1, 0.15) is 0 Å². The molecule has 0 aromatic heterocycles. The molecule has 0 aliphatic carbocycles. The molecule has 0 amide bonds. The van der Waals surface area contributed by atoms with E-state index in [1.165, 1.54) is 0 Å². The fourth-order valence-corrected chi connectivity index (χ4v) is 2.09. The number of hydrogen-bond donors (Lipinski definition) is 1. The Morgan fingerprint density at radius 1 is 0.520 bits per heavy atom. The second-order valence-corrected chi connectivity index (χ2v) is 6.41. The first-order valence-electron chi connectivity index (χ1n) is 10.4. The Morgan fingerprint density at radius 3 is 1.04 bits per heavy atom. The summed E-state index contributed by atoms with van der Waals surface area (Å²) in [4.78, 5) is 0. The first-order chi connectivity index (χ1) is 12.3. The molecular weight excluding hydrogens is 318 g/mol. The minimum atomic E-state index is -0.190. The van der Waals surface area contributed by atoms with Gasteiger partial charge in [0, 0.05) is 39.5 Å². The summed E-state index contributed by atoms with van der Waals surface area (Å²) in [5.74, 6) is 0. The zero-order chi connectivity index (χ0) is 18.6. The van der Waals surface area contributed by atoms with Crippen molar-refractivity contribution >= 4 is 0 Å². The molecule has 0 unspecified atom stereocenters. The maximum Gasteiger partial charge on any atom is 0.169 e. The molecule has 0 aromatic carbocycles. The van der Waals surface area contributed by atoms with Crippen LogP contribution in [0.4, 0.5) is 0 Å². The third-order valence-electron chi connectivity index (χ3n) is 3.83. The maximum atomic E-state index is 5.84. The average Bonchev–Trinajstić information content (AvgIpc) is 2.61. The Morgan fingerprint density at radius 2 is 0.800 bits per heavy atom. The molecule has 0 rings (SSSR count). The van der Waals surface area contributed by atoms with Gasteiger partial charge in [-0.05, 0) is 25.7 Å². The van der Waals surface area contributed by atoms with E-state index >= 15 is 0 Å². The first kappa shape index (κ1) is 24.8. The number of hydrogen-bond acceptors (Lipinski definition) is 5. The lowest BCUT2D eigenvalue weighted by molar-refractivity contribution is -0.154. The minimum absolute atomic E-state index is 0.190. The van der Waals surface area contributed by atoms with Gasteiger partial charge < -0.3 is 24.3 Å². The lowest BCUT2D eigenvalue weighted by atomic mass is 10.3. The summed E-state index contributed by atoms with van der Waals surface area (Å²) in [5, 5.41) is 3.39. The Labute approximate surface area is 156 Å². The van der Waals surface area contributed by atoms with E-state index in [0.29, 0.717) is 13.1 Å². The van der Waals surface area contributed by atoms with Crippen molar-refractivity contribution in [3.8, 4) is 0 Å². The molecule has 5 nitrogen and oxygen atoms in total. The molecule has 25 heavy (non-hydrogen) atoms.